The Balaban J connectivity index is 2.17. The highest BCUT2D eigenvalue weighted by Crippen LogP contribution is 2.24. The van der Waals surface area contributed by atoms with E-state index >= 15 is 0 Å². The number of hydrogen-bond acceptors (Lipinski definition) is 3. The average molecular weight is 279 g/mol. The number of anilines is 2. The van der Waals surface area contributed by atoms with Crippen molar-refractivity contribution in [2.75, 3.05) is 11.1 Å². The summed E-state index contributed by atoms with van der Waals surface area (Å²) in [5.74, 6) is 0.608. The Morgan fingerprint density at radius 2 is 2.26 bits per heavy atom. The number of halogens is 1. The van der Waals surface area contributed by atoms with Gasteiger partial charge in [-0.05, 0) is 32.0 Å². The Bertz CT molecular complexity index is 608. The van der Waals surface area contributed by atoms with Crippen LogP contribution in [0.3, 0.4) is 0 Å². The largest absolute Gasteiger partial charge is 0.397 e. The molecule has 0 aliphatic carbocycles. The third-order valence-electron chi connectivity index (χ3n) is 2.93. The minimum atomic E-state index is -0.374. The summed E-state index contributed by atoms with van der Waals surface area (Å²) < 4.78 is 1.79. The smallest absolute Gasteiger partial charge is 0.247 e. The third-order valence-corrected chi connectivity index (χ3v) is 3.17. The fraction of sp³-hybridized carbons (Fsp3) is 0.231. The van der Waals surface area contributed by atoms with Crippen LogP contribution in [-0.4, -0.2) is 15.5 Å². The molecule has 100 valence electrons. The minimum Gasteiger partial charge on any atom is -0.397 e. The van der Waals surface area contributed by atoms with Gasteiger partial charge in [0, 0.05) is 17.4 Å². The van der Waals surface area contributed by atoms with Crippen LogP contribution in [0.2, 0.25) is 5.02 Å². The molecule has 1 aromatic carbocycles. The van der Waals surface area contributed by atoms with Crippen LogP contribution in [0.1, 0.15) is 18.8 Å². The summed E-state index contributed by atoms with van der Waals surface area (Å²) in [6.45, 7) is 3.64. The quantitative estimate of drug-likeness (QED) is 0.848. The van der Waals surface area contributed by atoms with E-state index in [0.717, 1.165) is 5.82 Å². The van der Waals surface area contributed by atoms with Crippen LogP contribution in [-0.2, 0) is 4.79 Å². The number of aryl methyl sites for hydroxylation is 1. The zero-order valence-corrected chi connectivity index (χ0v) is 11.5. The molecule has 0 saturated heterocycles. The fourth-order valence-corrected chi connectivity index (χ4v) is 1.97. The molecular formula is C13H15ClN4O. The molecule has 5 nitrogen and oxygen atoms in total. The number of benzene rings is 1. The standard InChI is InChI=1S/C13H15ClN4O/c1-8(18-6-5-16-9(18)2)13(19)17-12-7-10(14)3-4-11(12)15/h3-8H,15H2,1-2H3,(H,17,19). The summed E-state index contributed by atoms with van der Waals surface area (Å²) in [5, 5.41) is 3.29. The van der Waals surface area contributed by atoms with E-state index in [9.17, 15) is 4.79 Å². The maximum Gasteiger partial charge on any atom is 0.247 e. The fourth-order valence-electron chi connectivity index (χ4n) is 1.80. The molecule has 2 rings (SSSR count). The molecule has 19 heavy (non-hydrogen) atoms. The van der Waals surface area contributed by atoms with Gasteiger partial charge >= 0.3 is 0 Å². The van der Waals surface area contributed by atoms with Crippen molar-refractivity contribution >= 4 is 28.9 Å². The van der Waals surface area contributed by atoms with E-state index < -0.39 is 0 Å². The Morgan fingerprint density at radius 1 is 1.53 bits per heavy atom. The second-order valence-electron chi connectivity index (χ2n) is 4.28. The first-order valence-corrected chi connectivity index (χ1v) is 6.22. The molecule has 0 saturated carbocycles. The van der Waals surface area contributed by atoms with Crippen molar-refractivity contribution in [3.8, 4) is 0 Å². The average Bonchev–Trinajstić information content (AvgIpc) is 2.79. The van der Waals surface area contributed by atoms with Crippen molar-refractivity contribution < 1.29 is 4.79 Å². The van der Waals surface area contributed by atoms with Gasteiger partial charge in [-0.25, -0.2) is 4.98 Å². The number of imidazole rings is 1. The second kappa shape index (κ2) is 5.32. The molecule has 1 amide bonds. The highest BCUT2D eigenvalue weighted by molar-refractivity contribution is 6.31. The molecular weight excluding hydrogens is 264 g/mol. The topological polar surface area (TPSA) is 72.9 Å². The first-order chi connectivity index (χ1) is 8.99. The number of nitrogens with two attached hydrogens (primary N) is 1. The molecule has 1 heterocycles. The highest BCUT2D eigenvalue weighted by Gasteiger charge is 2.17. The van der Waals surface area contributed by atoms with E-state index in [0.29, 0.717) is 16.4 Å². The molecule has 1 aromatic heterocycles. The van der Waals surface area contributed by atoms with E-state index in [4.69, 9.17) is 17.3 Å². The second-order valence-corrected chi connectivity index (χ2v) is 4.71. The summed E-state index contributed by atoms with van der Waals surface area (Å²) in [6, 6.07) is 4.59. The van der Waals surface area contributed by atoms with E-state index in [2.05, 4.69) is 10.3 Å². The zero-order chi connectivity index (χ0) is 14.0. The van der Waals surface area contributed by atoms with Gasteiger partial charge in [0.2, 0.25) is 5.91 Å². The normalized spacial score (nSPS) is 12.2. The number of carbonyl (C=O) groups excluding carboxylic acids is 1. The number of amides is 1. The lowest BCUT2D eigenvalue weighted by Crippen LogP contribution is -2.24. The number of carbonyl (C=O) groups is 1. The number of nitrogens with zero attached hydrogens (tertiary/aromatic N) is 2. The van der Waals surface area contributed by atoms with Crippen molar-refractivity contribution in [3.63, 3.8) is 0 Å². The highest BCUT2D eigenvalue weighted by atomic mass is 35.5. The Hall–Kier alpha value is -2.01. The zero-order valence-electron chi connectivity index (χ0n) is 10.7. The Morgan fingerprint density at radius 3 is 2.89 bits per heavy atom. The third kappa shape index (κ3) is 2.88. The van der Waals surface area contributed by atoms with Crippen LogP contribution in [0, 0.1) is 6.92 Å². The van der Waals surface area contributed by atoms with Crippen molar-refractivity contribution in [1.29, 1.82) is 0 Å². The lowest BCUT2D eigenvalue weighted by atomic mass is 10.2. The van der Waals surface area contributed by atoms with Crippen LogP contribution in [0.4, 0.5) is 11.4 Å². The van der Waals surface area contributed by atoms with Crippen molar-refractivity contribution in [2.24, 2.45) is 0 Å². The minimum absolute atomic E-state index is 0.171. The first-order valence-electron chi connectivity index (χ1n) is 5.84. The predicted octanol–water partition coefficient (Wildman–Crippen LogP) is 2.63. The molecule has 0 radical (unpaired) electrons. The summed E-state index contributed by atoms with van der Waals surface area (Å²) in [7, 11) is 0. The number of hydrogen-bond donors (Lipinski definition) is 2. The van der Waals surface area contributed by atoms with Crippen LogP contribution >= 0.6 is 11.6 Å². The molecule has 3 N–H and O–H groups in total. The molecule has 6 heteroatoms. The van der Waals surface area contributed by atoms with Crippen molar-refractivity contribution in [3.05, 3.63) is 41.4 Å². The number of nitrogen functional groups attached to an aromatic ring is 1. The molecule has 0 bridgehead atoms. The van der Waals surface area contributed by atoms with Gasteiger partial charge in [0.05, 0.1) is 11.4 Å². The summed E-state index contributed by atoms with van der Waals surface area (Å²) in [6.07, 6.45) is 3.42. The summed E-state index contributed by atoms with van der Waals surface area (Å²) >= 11 is 5.88. The van der Waals surface area contributed by atoms with Gasteiger partial charge in [-0.2, -0.15) is 0 Å². The first kappa shape index (κ1) is 13.4. The number of aromatic nitrogens is 2. The predicted molar refractivity (Wildman–Crippen MR) is 76.2 cm³/mol. The summed E-state index contributed by atoms with van der Waals surface area (Å²) in [5.41, 5.74) is 6.79. The molecule has 1 atom stereocenters. The van der Waals surface area contributed by atoms with E-state index in [1.807, 2.05) is 6.92 Å². The van der Waals surface area contributed by atoms with Gasteiger partial charge in [0.15, 0.2) is 0 Å². The lowest BCUT2D eigenvalue weighted by molar-refractivity contribution is -0.118. The van der Waals surface area contributed by atoms with Gasteiger partial charge < -0.3 is 15.6 Å². The van der Waals surface area contributed by atoms with Crippen LogP contribution in [0.5, 0.6) is 0 Å². The van der Waals surface area contributed by atoms with Gasteiger partial charge in [-0.15, -0.1) is 0 Å². The van der Waals surface area contributed by atoms with E-state index in [1.165, 1.54) is 0 Å². The van der Waals surface area contributed by atoms with Crippen LogP contribution in [0.15, 0.2) is 30.6 Å². The Kier molecular flexibility index (Phi) is 3.76. The van der Waals surface area contributed by atoms with Gasteiger partial charge in [0.25, 0.3) is 0 Å². The molecule has 0 spiro atoms. The SMILES string of the molecule is Cc1nccn1C(C)C(=O)Nc1cc(Cl)ccc1N. The summed E-state index contributed by atoms with van der Waals surface area (Å²) in [4.78, 5) is 16.3. The molecule has 1 unspecified atom stereocenters. The number of rotatable bonds is 3. The van der Waals surface area contributed by atoms with Crippen molar-refractivity contribution in [1.82, 2.24) is 9.55 Å². The molecule has 0 aliphatic heterocycles. The van der Waals surface area contributed by atoms with Gasteiger partial charge in [-0.3, -0.25) is 4.79 Å². The van der Waals surface area contributed by atoms with Crippen LogP contribution < -0.4 is 11.1 Å². The molecule has 2 aromatic rings. The van der Waals surface area contributed by atoms with E-state index in [1.54, 1.807) is 42.1 Å². The molecule has 0 fully saturated rings. The van der Waals surface area contributed by atoms with Gasteiger partial charge in [-0.1, -0.05) is 11.6 Å². The van der Waals surface area contributed by atoms with Gasteiger partial charge in [0.1, 0.15) is 11.9 Å². The monoisotopic (exact) mass is 278 g/mol. The maximum absolute atomic E-state index is 12.2. The maximum atomic E-state index is 12.2. The lowest BCUT2D eigenvalue weighted by Gasteiger charge is -2.16. The van der Waals surface area contributed by atoms with E-state index in [-0.39, 0.29) is 11.9 Å². The van der Waals surface area contributed by atoms with Crippen molar-refractivity contribution in [2.45, 2.75) is 19.9 Å². The number of nitrogens with one attached hydrogen (secondary N) is 1. The Labute approximate surface area is 116 Å². The molecule has 0 aliphatic rings. The van der Waals surface area contributed by atoms with Crippen LogP contribution in [0.25, 0.3) is 0 Å².